The predicted octanol–water partition coefficient (Wildman–Crippen LogP) is 3.65. The molecule has 1 atom stereocenters. The molecule has 2 heterocycles. The average molecular weight is 375 g/mol. The third-order valence-corrected chi connectivity index (χ3v) is 6.18. The largest absolute Gasteiger partial charge is 0.346 e. The van der Waals surface area contributed by atoms with Crippen LogP contribution in [-0.2, 0) is 16.0 Å². The number of likely N-dealkylation sites (tertiary alicyclic amines) is 2. The van der Waals surface area contributed by atoms with Gasteiger partial charge in [-0.15, -0.1) is 0 Å². The topological polar surface area (TPSA) is 40.6 Å². The molecule has 2 aliphatic rings. The minimum absolute atomic E-state index is 0.147. The Morgan fingerprint density at radius 3 is 2.48 bits per heavy atom. The molecule has 0 spiro atoms. The lowest BCUT2D eigenvalue weighted by Crippen LogP contribution is -2.43. The maximum atomic E-state index is 12.9. The lowest BCUT2D eigenvalue weighted by molar-refractivity contribution is -0.137. The van der Waals surface area contributed by atoms with Crippen molar-refractivity contribution >= 4 is 11.8 Å². The van der Waals surface area contributed by atoms with Crippen LogP contribution in [0.3, 0.4) is 0 Å². The summed E-state index contributed by atoms with van der Waals surface area (Å²) < 4.78 is 12.9. The third-order valence-electron chi connectivity index (χ3n) is 6.18. The Morgan fingerprint density at radius 1 is 1.07 bits per heavy atom. The molecule has 2 aliphatic heterocycles. The molecule has 3 rings (SSSR count). The number of hydrogen-bond acceptors (Lipinski definition) is 2. The van der Waals surface area contributed by atoms with Gasteiger partial charge in [0.25, 0.3) is 0 Å². The highest BCUT2D eigenvalue weighted by Crippen LogP contribution is 2.32. The van der Waals surface area contributed by atoms with Gasteiger partial charge in [-0.05, 0) is 62.1 Å². The fourth-order valence-corrected chi connectivity index (χ4v) is 4.47. The molecule has 1 unspecified atom stereocenters. The summed E-state index contributed by atoms with van der Waals surface area (Å²) in [5.74, 6) is 0.849. The van der Waals surface area contributed by atoms with Crippen LogP contribution in [0.25, 0.3) is 0 Å². The number of benzene rings is 1. The predicted molar refractivity (Wildman–Crippen MR) is 104 cm³/mol. The van der Waals surface area contributed by atoms with Crippen LogP contribution in [0.1, 0.15) is 50.5 Å². The molecule has 0 aliphatic carbocycles. The molecule has 0 radical (unpaired) electrons. The van der Waals surface area contributed by atoms with E-state index in [0.29, 0.717) is 18.2 Å². The highest BCUT2D eigenvalue weighted by atomic mass is 19.1. The first-order valence-corrected chi connectivity index (χ1v) is 10.3. The Kier molecular flexibility index (Phi) is 6.86. The van der Waals surface area contributed by atoms with Gasteiger partial charge in [0.05, 0.1) is 0 Å². The van der Waals surface area contributed by atoms with E-state index in [9.17, 15) is 14.0 Å². The van der Waals surface area contributed by atoms with Crippen LogP contribution >= 0.6 is 0 Å². The van der Waals surface area contributed by atoms with Gasteiger partial charge in [0, 0.05) is 39.0 Å². The summed E-state index contributed by atoms with van der Waals surface area (Å²) in [4.78, 5) is 28.9. The average Bonchev–Trinajstić information content (AvgIpc) is 2.85. The first-order valence-electron chi connectivity index (χ1n) is 10.3. The van der Waals surface area contributed by atoms with Crippen LogP contribution in [0.4, 0.5) is 4.39 Å². The van der Waals surface area contributed by atoms with E-state index in [1.165, 1.54) is 12.1 Å². The first-order chi connectivity index (χ1) is 13.0. The minimum atomic E-state index is -0.226. The van der Waals surface area contributed by atoms with E-state index in [2.05, 4.69) is 0 Å². The summed E-state index contributed by atoms with van der Waals surface area (Å²) in [5.41, 5.74) is 1.07. The Morgan fingerprint density at radius 2 is 1.78 bits per heavy atom. The maximum absolute atomic E-state index is 12.9. The van der Waals surface area contributed by atoms with Crippen LogP contribution in [-0.4, -0.2) is 48.3 Å². The van der Waals surface area contributed by atoms with Crippen molar-refractivity contribution in [1.82, 2.24) is 9.80 Å². The Balaban J connectivity index is 1.42. The van der Waals surface area contributed by atoms with E-state index in [4.69, 9.17) is 0 Å². The molecule has 2 saturated heterocycles. The summed E-state index contributed by atoms with van der Waals surface area (Å²) >= 11 is 0. The van der Waals surface area contributed by atoms with E-state index < -0.39 is 0 Å². The molecule has 0 N–H and O–H groups in total. The second kappa shape index (κ2) is 9.34. The van der Waals surface area contributed by atoms with Crippen molar-refractivity contribution in [1.29, 1.82) is 0 Å². The number of hydrogen-bond donors (Lipinski definition) is 0. The molecule has 5 heteroatoms. The van der Waals surface area contributed by atoms with Gasteiger partial charge in [0.15, 0.2) is 0 Å². The second-order valence-corrected chi connectivity index (χ2v) is 8.06. The fraction of sp³-hybridized carbons (Fsp3) is 0.636. The highest BCUT2D eigenvalue weighted by molar-refractivity contribution is 5.79. The zero-order chi connectivity index (χ0) is 19.2. The number of carbonyl (C=O) groups is 2. The number of carbonyl (C=O) groups excluding carboxylic acids is 2. The standard InChI is InChI=1S/C22H31FN2O2/c1-24-14-3-2-6-20(22(24)27)18-12-15-25(16-13-18)21(26)7-4-5-17-8-10-19(23)11-9-17/h8-11,18,20H,2-7,12-16H2,1H3. The Labute approximate surface area is 161 Å². The smallest absolute Gasteiger partial charge is 0.225 e. The number of amides is 2. The molecule has 1 aromatic rings. The number of nitrogens with zero attached hydrogens (tertiary/aromatic N) is 2. The molecule has 4 nitrogen and oxygen atoms in total. The molecule has 1 aromatic carbocycles. The summed E-state index contributed by atoms with van der Waals surface area (Å²) in [5, 5.41) is 0. The first kappa shape index (κ1) is 19.8. The molecule has 2 fully saturated rings. The van der Waals surface area contributed by atoms with Crippen molar-refractivity contribution in [3.05, 3.63) is 35.6 Å². The van der Waals surface area contributed by atoms with Gasteiger partial charge in [-0.3, -0.25) is 9.59 Å². The van der Waals surface area contributed by atoms with Crippen molar-refractivity contribution < 1.29 is 14.0 Å². The monoisotopic (exact) mass is 374 g/mol. The molecular formula is C22H31FN2O2. The van der Waals surface area contributed by atoms with E-state index in [1.807, 2.05) is 16.8 Å². The third kappa shape index (κ3) is 5.30. The normalized spacial score (nSPS) is 22.0. The number of halogens is 1. The van der Waals surface area contributed by atoms with Gasteiger partial charge in [-0.2, -0.15) is 0 Å². The zero-order valence-corrected chi connectivity index (χ0v) is 16.3. The number of piperidine rings is 1. The van der Waals surface area contributed by atoms with Gasteiger partial charge in [-0.1, -0.05) is 18.6 Å². The van der Waals surface area contributed by atoms with E-state index in [1.54, 1.807) is 12.1 Å². The SMILES string of the molecule is CN1CCCCC(C2CCN(C(=O)CCCc3ccc(F)cc3)CC2)C1=O. The van der Waals surface area contributed by atoms with Crippen LogP contribution in [0.2, 0.25) is 0 Å². The molecule has 27 heavy (non-hydrogen) atoms. The van der Waals surface area contributed by atoms with Gasteiger partial charge in [0.1, 0.15) is 5.82 Å². The Hall–Kier alpha value is -1.91. The summed E-state index contributed by atoms with van der Waals surface area (Å²) in [6.07, 6.45) is 7.23. The zero-order valence-electron chi connectivity index (χ0n) is 16.3. The highest BCUT2D eigenvalue weighted by Gasteiger charge is 2.34. The van der Waals surface area contributed by atoms with Crippen molar-refractivity contribution in [2.45, 2.75) is 51.4 Å². The number of aryl methyl sites for hydroxylation is 1. The van der Waals surface area contributed by atoms with Gasteiger partial charge in [-0.25, -0.2) is 4.39 Å². The quantitative estimate of drug-likeness (QED) is 0.789. The summed E-state index contributed by atoms with van der Waals surface area (Å²) in [6.45, 7) is 2.42. The second-order valence-electron chi connectivity index (χ2n) is 8.06. The molecule has 148 valence electrons. The van der Waals surface area contributed by atoms with E-state index >= 15 is 0 Å². The van der Waals surface area contributed by atoms with Gasteiger partial charge < -0.3 is 9.80 Å². The number of rotatable bonds is 5. The fourth-order valence-electron chi connectivity index (χ4n) is 4.47. The molecule has 0 saturated carbocycles. The molecule has 2 amide bonds. The van der Waals surface area contributed by atoms with Crippen LogP contribution in [0.5, 0.6) is 0 Å². The van der Waals surface area contributed by atoms with E-state index in [-0.39, 0.29) is 17.6 Å². The van der Waals surface area contributed by atoms with E-state index in [0.717, 1.165) is 70.1 Å². The lowest BCUT2D eigenvalue weighted by Gasteiger charge is -2.36. The molecule has 0 bridgehead atoms. The summed E-state index contributed by atoms with van der Waals surface area (Å²) in [7, 11) is 1.92. The van der Waals surface area contributed by atoms with Gasteiger partial charge >= 0.3 is 0 Å². The van der Waals surface area contributed by atoms with Crippen molar-refractivity contribution in [3.63, 3.8) is 0 Å². The van der Waals surface area contributed by atoms with Crippen LogP contribution in [0, 0.1) is 17.7 Å². The molecule has 0 aromatic heterocycles. The van der Waals surface area contributed by atoms with Crippen LogP contribution in [0.15, 0.2) is 24.3 Å². The van der Waals surface area contributed by atoms with Gasteiger partial charge in [0.2, 0.25) is 11.8 Å². The minimum Gasteiger partial charge on any atom is -0.346 e. The maximum Gasteiger partial charge on any atom is 0.225 e. The van der Waals surface area contributed by atoms with Crippen LogP contribution < -0.4 is 0 Å². The lowest BCUT2D eigenvalue weighted by atomic mass is 9.81. The Bertz CT molecular complexity index is 638. The van der Waals surface area contributed by atoms with Crippen molar-refractivity contribution in [3.8, 4) is 0 Å². The van der Waals surface area contributed by atoms with Crippen molar-refractivity contribution in [2.75, 3.05) is 26.7 Å². The van der Waals surface area contributed by atoms with Crippen molar-refractivity contribution in [2.24, 2.45) is 11.8 Å². The molecular weight excluding hydrogens is 343 g/mol. The summed E-state index contributed by atoms with van der Waals surface area (Å²) in [6, 6.07) is 6.50.